The first-order valence-corrected chi connectivity index (χ1v) is 7.96. The smallest absolute Gasteiger partial charge is 0.333 e. The highest BCUT2D eigenvalue weighted by Gasteiger charge is 2.16. The molecule has 1 N–H and O–H groups in total. The Morgan fingerprint density at radius 3 is 2.56 bits per heavy atom. The lowest BCUT2D eigenvalue weighted by Crippen LogP contribution is -2.13. The van der Waals surface area contributed by atoms with Crippen LogP contribution in [0.5, 0.6) is 0 Å². The fourth-order valence-corrected chi connectivity index (χ4v) is 2.72. The second-order valence-corrected chi connectivity index (χ2v) is 6.91. The molecule has 0 radical (unpaired) electrons. The summed E-state index contributed by atoms with van der Waals surface area (Å²) >= 11 is 5.03. The summed E-state index contributed by atoms with van der Waals surface area (Å²) in [5.41, 5.74) is 0.321. The van der Waals surface area contributed by atoms with E-state index in [0.717, 1.165) is 0 Å². The van der Waals surface area contributed by atoms with Gasteiger partial charge in [0.2, 0.25) is 6.49 Å². The van der Waals surface area contributed by atoms with E-state index in [-0.39, 0.29) is 13.2 Å². The zero-order valence-electron chi connectivity index (χ0n) is 10.0. The van der Waals surface area contributed by atoms with E-state index in [0.29, 0.717) is 10.9 Å². The SMILES string of the molecule is C=C(C)C(=O)OCCOP(O)(=S)c1ccccc1. The zero-order valence-corrected chi connectivity index (χ0v) is 11.7. The summed E-state index contributed by atoms with van der Waals surface area (Å²) in [6.07, 6.45) is 0. The summed E-state index contributed by atoms with van der Waals surface area (Å²) < 4.78 is 10.1. The van der Waals surface area contributed by atoms with Gasteiger partial charge in [-0.05, 0) is 30.9 Å². The van der Waals surface area contributed by atoms with E-state index in [1.165, 1.54) is 0 Å². The Morgan fingerprint density at radius 2 is 2.00 bits per heavy atom. The van der Waals surface area contributed by atoms with Crippen molar-refractivity contribution < 1.29 is 18.9 Å². The Kier molecular flexibility index (Phi) is 5.69. The number of hydrogen-bond acceptors (Lipinski definition) is 4. The first-order valence-electron chi connectivity index (χ1n) is 5.29. The van der Waals surface area contributed by atoms with Crippen LogP contribution < -0.4 is 5.30 Å². The predicted octanol–water partition coefficient (Wildman–Crippen LogP) is 1.75. The molecule has 0 aliphatic carbocycles. The van der Waals surface area contributed by atoms with Gasteiger partial charge in [0.05, 0.1) is 6.61 Å². The van der Waals surface area contributed by atoms with Gasteiger partial charge in [-0.15, -0.1) is 0 Å². The molecule has 0 spiro atoms. The fourth-order valence-electron chi connectivity index (χ4n) is 1.11. The lowest BCUT2D eigenvalue weighted by Gasteiger charge is -2.15. The van der Waals surface area contributed by atoms with E-state index >= 15 is 0 Å². The predicted molar refractivity (Wildman–Crippen MR) is 74.3 cm³/mol. The van der Waals surface area contributed by atoms with E-state index < -0.39 is 12.5 Å². The average molecular weight is 286 g/mol. The van der Waals surface area contributed by atoms with Crippen LogP contribution in [0.15, 0.2) is 42.5 Å². The maximum atomic E-state index is 11.1. The number of benzene rings is 1. The van der Waals surface area contributed by atoms with Crippen molar-refractivity contribution in [3.05, 3.63) is 42.5 Å². The second-order valence-electron chi connectivity index (χ2n) is 3.61. The van der Waals surface area contributed by atoms with Crippen molar-refractivity contribution in [3.63, 3.8) is 0 Å². The van der Waals surface area contributed by atoms with E-state index in [1.807, 2.05) is 6.07 Å². The topological polar surface area (TPSA) is 55.8 Å². The molecule has 1 rings (SSSR count). The minimum Gasteiger partial charge on any atom is -0.460 e. The van der Waals surface area contributed by atoms with Crippen LogP contribution in [0.3, 0.4) is 0 Å². The Labute approximate surface area is 111 Å². The highest BCUT2D eigenvalue weighted by molar-refractivity contribution is 8.13. The van der Waals surface area contributed by atoms with Gasteiger partial charge < -0.3 is 14.2 Å². The first kappa shape index (κ1) is 15.1. The van der Waals surface area contributed by atoms with Crippen LogP contribution in [-0.2, 0) is 25.9 Å². The number of carbonyl (C=O) groups is 1. The number of esters is 1. The maximum absolute atomic E-state index is 11.1. The highest BCUT2D eigenvalue weighted by Crippen LogP contribution is 2.40. The molecule has 0 heterocycles. The van der Waals surface area contributed by atoms with Gasteiger partial charge >= 0.3 is 5.97 Å². The molecule has 0 bridgehead atoms. The van der Waals surface area contributed by atoms with Gasteiger partial charge in [0.15, 0.2) is 0 Å². The van der Waals surface area contributed by atoms with Gasteiger partial charge in [0.1, 0.15) is 6.61 Å². The molecule has 6 heteroatoms. The van der Waals surface area contributed by atoms with Gasteiger partial charge in [-0.25, -0.2) is 4.79 Å². The Balaban J connectivity index is 2.42. The van der Waals surface area contributed by atoms with E-state index in [9.17, 15) is 9.69 Å². The van der Waals surface area contributed by atoms with E-state index in [4.69, 9.17) is 21.1 Å². The van der Waals surface area contributed by atoms with Crippen molar-refractivity contribution in [2.45, 2.75) is 6.92 Å². The molecule has 4 nitrogen and oxygen atoms in total. The van der Waals surface area contributed by atoms with Crippen LogP contribution in [0.4, 0.5) is 0 Å². The van der Waals surface area contributed by atoms with Crippen LogP contribution >= 0.6 is 6.49 Å². The summed E-state index contributed by atoms with van der Waals surface area (Å²) in [4.78, 5) is 21.1. The molecular formula is C12H15O4PS. The first-order chi connectivity index (χ1) is 8.43. The number of carbonyl (C=O) groups excluding carboxylic acids is 1. The largest absolute Gasteiger partial charge is 0.460 e. The quantitative estimate of drug-likeness (QED) is 0.374. The monoisotopic (exact) mass is 286 g/mol. The molecule has 0 aliphatic heterocycles. The lowest BCUT2D eigenvalue weighted by atomic mass is 10.4. The molecule has 18 heavy (non-hydrogen) atoms. The summed E-state index contributed by atoms with van der Waals surface area (Å²) in [5.74, 6) is -0.482. The molecule has 0 amide bonds. The lowest BCUT2D eigenvalue weighted by molar-refractivity contribution is -0.139. The minimum absolute atomic E-state index is 0.0392. The van der Waals surface area contributed by atoms with E-state index in [2.05, 4.69) is 6.58 Å². The van der Waals surface area contributed by atoms with Crippen molar-refractivity contribution in [1.82, 2.24) is 0 Å². The molecule has 0 aliphatic rings. The van der Waals surface area contributed by atoms with Crippen LogP contribution in [0, 0.1) is 0 Å². The van der Waals surface area contributed by atoms with Crippen LogP contribution in [0.1, 0.15) is 6.92 Å². The van der Waals surface area contributed by atoms with Crippen molar-refractivity contribution in [2.24, 2.45) is 0 Å². The molecule has 1 unspecified atom stereocenters. The maximum Gasteiger partial charge on any atom is 0.333 e. The summed E-state index contributed by atoms with van der Waals surface area (Å²) in [6.45, 7) is 2.10. The summed E-state index contributed by atoms with van der Waals surface area (Å²) in [6, 6.07) is 8.79. The highest BCUT2D eigenvalue weighted by atomic mass is 32.5. The third kappa shape index (κ3) is 4.70. The molecule has 98 valence electrons. The van der Waals surface area contributed by atoms with Crippen molar-refractivity contribution in [3.8, 4) is 0 Å². The molecule has 0 saturated carbocycles. The second kappa shape index (κ2) is 6.81. The van der Waals surface area contributed by atoms with E-state index in [1.54, 1.807) is 31.2 Å². The van der Waals surface area contributed by atoms with Crippen LogP contribution in [0.2, 0.25) is 0 Å². The third-order valence-corrected chi connectivity index (χ3v) is 4.45. The molecule has 0 fully saturated rings. The fraction of sp³-hybridized carbons (Fsp3) is 0.250. The Hall–Kier alpha value is -1.00. The van der Waals surface area contributed by atoms with Gasteiger partial charge in [-0.2, -0.15) is 0 Å². The van der Waals surface area contributed by atoms with Gasteiger partial charge in [0, 0.05) is 10.9 Å². The summed E-state index contributed by atoms with van der Waals surface area (Å²) in [7, 11) is 0. The Morgan fingerprint density at radius 1 is 1.39 bits per heavy atom. The van der Waals surface area contributed by atoms with Crippen LogP contribution in [0.25, 0.3) is 0 Å². The third-order valence-electron chi connectivity index (χ3n) is 2.01. The zero-order chi connectivity index (χ0) is 13.6. The van der Waals surface area contributed by atoms with Crippen molar-refractivity contribution >= 4 is 29.6 Å². The van der Waals surface area contributed by atoms with Crippen LogP contribution in [-0.4, -0.2) is 24.1 Å². The molecule has 0 saturated heterocycles. The Bertz CT molecular complexity index is 472. The number of rotatable bonds is 6. The number of ether oxygens (including phenoxy) is 1. The molecule has 1 aromatic carbocycles. The normalized spacial score (nSPS) is 13.7. The minimum atomic E-state index is -3.01. The standard InChI is InChI=1S/C12H15O4PS/c1-10(2)12(13)15-8-9-16-17(14,18)11-6-4-3-5-7-11/h3-7H,1,8-9H2,2H3,(H,14,18). The molecule has 1 aromatic rings. The molecule has 1 atom stereocenters. The van der Waals surface area contributed by atoms with Gasteiger partial charge in [-0.1, -0.05) is 24.8 Å². The van der Waals surface area contributed by atoms with Gasteiger partial charge in [-0.3, -0.25) is 0 Å². The van der Waals surface area contributed by atoms with Gasteiger partial charge in [0.25, 0.3) is 0 Å². The van der Waals surface area contributed by atoms with Crippen molar-refractivity contribution in [1.29, 1.82) is 0 Å². The molecular weight excluding hydrogens is 271 g/mol. The molecule has 0 aromatic heterocycles. The number of hydrogen-bond donors (Lipinski definition) is 1. The average Bonchev–Trinajstić information content (AvgIpc) is 2.35. The summed E-state index contributed by atoms with van der Waals surface area (Å²) in [5, 5.41) is 0.575. The van der Waals surface area contributed by atoms with Crippen molar-refractivity contribution in [2.75, 3.05) is 13.2 Å².